The van der Waals surface area contributed by atoms with Crippen molar-refractivity contribution < 1.29 is 10.0 Å². The molecular formula is C12H9ClN2O3S. The fourth-order valence-electron chi connectivity index (χ4n) is 1.56. The van der Waals surface area contributed by atoms with Crippen molar-refractivity contribution in [3.8, 4) is 0 Å². The summed E-state index contributed by atoms with van der Waals surface area (Å²) in [6.45, 7) is 1.65. The molecule has 5 nitrogen and oxygen atoms in total. The lowest BCUT2D eigenvalue weighted by Gasteiger charge is -2.05. The number of benzene rings is 1. The van der Waals surface area contributed by atoms with Gasteiger partial charge in [-0.05, 0) is 31.2 Å². The van der Waals surface area contributed by atoms with Crippen molar-refractivity contribution in [3.63, 3.8) is 0 Å². The Labute approximate surface area is 117 Å². The Hall–Kier alpha value is -1.92. The second-order valence-corrected chi connectivity index (χ2v) is 5.00. The van der Waals surface area contributed by atoms with E-state index in [0.717, 1.165) is 15.9 Å². The van der Waals surface area contributed by atoms with Gasteiger partial charge in [0.05, 0.1) is 0 Å². The lowest BCUT2D eigenvalue weighted by molar-refractivity contribution is 0.105. The number of aromatic nitrogens is 1. The van der Waals surface area contributed by atoms with Crippen molar-refractivity contribution in [1.29, 1.82) is 0 Å². The normalized spacial score (nSPS) is 11.6. The largest absolute Gasteiger partial charge is 0.409 e. The number of hydrogen-bond donors (Lipinski definition) is 1. The van der Waals surface area contributed by atoms with Crippen molar-refractivity contribution >= 4 is 34.6 Å². The van der Waals surface area contributed by atoms with Gasteiger partial charge in [-0.15, -0.1) is 0 Å². The third-order valence-electron chi connectivity index (χ3n) is 2.48. The van der Waals surface area contributed by atoms with E-state index in [9.17, 15) is 9.59 Å². The Bertz CT molecular complexity index is 701. The lowest BCUT2D eigenvalue weighted by atomic mass is 10.1. The molecule has 0 aliphatic heterocycles. The van der Waals surface area contributed by atoms with Crippen LogP contribution in [0, 0.1) is 6.92 Å². The smallest absolute Gasteiger partial charge is 0.313 e. The maximum Gasteiger partial charge on any atom is 0.313 e. The van der Waals surface area contributed by atoms with Crippen LogP contribution in [0.15, 0.2) is 39.6 Å². The van der Waals surface area contributed by atoms with Gasteiger partial charge in [-0.3, -0.25) is 9.59 Å². The zero-order valence-electron chi connectivity index (χ0n) is 9.83. The van der Waals surface area contributed by atoms with Crippen LogP contribution >= 0.6 is 22.9 Å². The Morgan fingerprint density at radius 1 is 1.37 bits per heavy atom. The molecule has 0 amide bonds. The van der Waals surface area contributed by atoms with Crippen molar-refractivity contribution in [2.45, 2.75) is 6.92 Å². The van der Waals surface area contributed by atoms with Gasteiger partial charge in [-0.1, -0.05) is 28.1 Å². The monoisotopic (exact) mass is 296 g/mol. The number of nitrogens with zero attached hydrogens (tertiary/aromatic N) is 2. The van der Waals surface area contributed by atoms with Crippen molar-refractivity contribution in [2.24, 2.45) is 5.16 Å². The van der Waals surface area contributed by atoms with Gasteiger partial charge in [0, 0.05) is 21.7 Å². The van der Waals surface area contributed by atoms with Gasteiger partial charge in [0.1, 0.15) is 0 Å². The van der Waals surface area contributed by atoms with Gasteiger partial charge in [0.15, 0.2) is 0 Å². The highest BCUT2D eigenvalue weighted by atomic mass is 35.5. The van der Waals surface area contributed by atoms with Crippen LogP contribution in [0.5, 0.6) is 0 Å². The molecule has 98 valence electrons. The molecule has 0 atom stereocenters. The molecule has 19 heavy (non-hydrogen) atoms. The molecule has 7 heteroatoms. The van der Waals surface area contributed by atoms with Gasteiger partial charge in [-0.25, -0.2) is 4.57 Å². The number of halogens is 1. The van der Waals surface area contributed by atoms with Crippen LogP contribution in [-0.4, -0.2) is 21.4 Å². The van der Waals surface area contributed by atoms with E-state index in [-0.39, 0.29) is 16.3 Å². The Balaban J connectivity index is 2.47. The third kappa shape index (κ3) is 2.59. The second-order valence-electron chi connectivity index (χ2n) is 3.74. The summed E-state index contributed by atoms with van der Waals surface area (Å²) in [7, 11) is 0. The minimum atomic E-state index is -0.553. The van der Waals surface area contributed by atoms with Gasteiger partial charge in [-0.2, -0.15) is 0 Å². The SMILES string of the molecule is Cc1csc(=O)n1/C(=N\O)C(=O)c1ccc(Cl)cc1. The molecule has 0 bridgehead atoms. The minimum absolute atomic E-state index is 0.287. The van der Waals surface area contributed by atoms with Crippen molar-refractivity contribution in [3.05, 3.63) is 55.6 Å². The van der Waals surface area contributed by atoms with E-state index < -0.39 is 5.78 Å². The van der Waals surface area contributed by atoms with Crippen LogP contribution in [0.25, 0.3) is 0 Å². The first-order valence-corrected chi connectivity index (χ1v) is 6.50. The maximum absolute atomic E-state index is 12.2. The first-order chi connectivity index (χ1) is 9.04. The van der Waals surface area contributed by atoms with Crippen LogP contribution in [0.4, 0.5) is 0 Å². The standard InChI is InChI=1S/C12H9ClN2O3S/c1-7-6-19-12(17)15(7)11(14-18)10(16)8-2-4-9(13)5-3-8/h2-6,18H,1H3/b14-11-. The summed E-state index contributed by atoms with van der Waals surface area (Å²) in [5, 5.41) is 14.0. The third-order valence-corrected chi connectivity index (χ3v) is 3.58. The van der Waals surface area contributed by atoms with Gasteiger partial charge in [0.2, 0.25) is 11.6 Å². The molecule has 0 unspecified atom stereocenters. The van der Waals surface area contributed by atoms with Crippen molar-refractivity contribution in [2.75, 3.05) is 0 Å². The fraction of sp³-hybridized carbons (Fsp3) is 0.0833. The van der Waals surface area contributed by atoms with E-state index in [0.29, 0.717) is 10.7 Å². The summed E-state index contributed by atoms with van der Waals surface area (Å²) < 4.78 is 1.07. The van der Waals surface area contributed by atoms with E-state index >= 15 is 0 Å². The number of carbonyl (C=O) groups excluding carboxylic acids is 1. The zero-order chi connectivity index (χ0) is 14.0. The Kier molecular flexibility index (Phi) is 3.82. The number of aryl methyl sites for hydroxylation is 1. The number of oxime groups is 1. The molecule has 0 spiro atoms. The number of Topliss-reactive ketones (excluding diaryl/α,β-unsaturated/α-hetero) is 1. The molecular weight excluding hydrogens is 288 g/mol. The Morgan fingerprint density at radius 2 is 2.00 bits per heavy atom. The molecule has 0 radical (unpaired) electrons. The Morgan fingerprint density at radius 3 is 2.47 bits per heavy atom. The molecule has 1 aromatic heterocycles. The first kappa shape index (κ1) is 13.5. The van der Waals surface area contributed by atoms with E-state index in [1.165, 1.54) is 12.1 Å². The minimum Gasteiger partial charge on any atom is -0.409 e. The molecule has 0 aliphatic rings. The molecule has 2 rings (SSSR count). The molecule has 1 aromatic carbocycles. The van der Waals surface area contributed by atoms with Crippen LogP contribution in [0.1, 0.15) is 16.1 Å². The highest BCUT2D eigenvalue weighted by molar-refractivity contribution is 7.07. The summed E-state index contributed by atoms with van der Waals surface area (Å²) in [6, 6.07) is 6.10. The number of rotatable bonds is 2. The highest BCUT2D eigenvalue weighted by Crippen LogP contribution is 2.11. The molecule has 1 N–H and O–H groups in total. The van der Waals surface area contributed by atoms with Gasteiger partial charge in [0.25, 0.3) is 0 Å². The summed E-state index contributed by atoms with van der Waals surface area (Å²) in [4.78, 5) is 23.5. The lowest BCUT2D eigenvalue weighted by Crippen LogP contribution is -2.31. The van der Waals surface area contributed by atoms with E-state index in [2.05, 4.69) is 5.16 Å². The van der Waals surface area contributed by atoms with Gasteiger partial charge < -0.3 is 5.21 Å². The van der Waals surface area contributed by atoms with Crippen LogP contribution in [0.2, 0.25) is 5.02 Å². The van der Waals surface area contributed by atoms with E-state index in [4.69, 9.17) is 16.8 Å². The number of hydrogen-bond acceptors (Lipinski definition) is 5. The summed E-state index contributed by atoms with van der Waals surface area (Å²) >= 11 is 6.67. The average Bonchev–Trinajstić information content (AvgIpc) is 2.72. The van der Waals surface area contributed by atoms with Gasteiger partial charge >= 0.3 is 4.87 Å². The molecule has 0 saturated carbocycles. The average molecular weight is 297 g/mol. The predicted molar refractivity (Wildman–Crippen MR) is 73.7 cm³/mol. The number of carbonyl (C=O) groups is 1. The molecule has 0 fully saturated rings. The summed E-state index contributed by atoms with van der Waals surface area (Å²) in [5.41, 5.74) is 0.819. The molecule has 2 aromatic rings. The van der Waals surface area contributed by atoms with Crippen molar-refractivity contribution in [1.82, 2.24) is 4.57 Å². The van der Waals surface area contributed by atoms with Crippen LogP contribution in [-0.2, 0) is 0 Å². The highest BCUT2D eigenvalue weighted by Gasteiger charge is 2.20. The topological polar surface area (TPSA) is 71.7 Å². The number of thiazole rings is 1. The first-order valence-electron chi connectivity index (χ1n) is 5.24. The molecule has 0 saturated heterocycles. The molecule has 1 heterocycles. The fourth-order valence-corrected chi connectivity index (χ4v) is 2.40. The molecule has 0 aliphatic carbocycles. The second kappa shape index (κ2) is 5.38. The summed E-state index contributed by atoms with van der Waals surface area (Å²) in [5.74, 6) is -0.881. The summed E-state index contributed by atoms with van der Waals surface area (Å²) in [6.07, 6.45) is 0. The maximum atomic E-state index is 12.2. The number of ketones is 1. The zero-order valence-corrected chi connectivity index (χ0v) is 11.4. The quantitative estimate of drug-likeness (QED) is 0.304. The van der Waals surface area contributed by atoms with E-state index in [1.54, 1.807) is 24.4 Å². The van der Waals surface area contributed by atoms with E-state index in [1.807, 2.05) is 0 Å². The van der Waals surface area contributed by atoms with Crippen LogP contribution < -0.4 is 4.87 Å². The predicted octanol–water partition coefficient (Wildman–Crippen LogP) is 2.39. The van der Waals surface area contributed by atoms with Crippen LogP contribution in [0.3, 0.4) is 0 Å².